The SMILES string of the molecule is CCCCCC1CCC(OC(=O)NC)CC1. The van der Waals surface area contributed by atoms with E-state index in [4.69, 9.17) is 4.74 Å². The van der Waals surface area contributed by atoms with Crippen molar-refractivity contribution in [2.75, 3.05) is 7.05 Å². The smallest absolute Gasteiger partial charge is 0.407 e. The molecule has 1 rings (SSSR count). The third kappa shape index (κ3) is 4.86. The largest absolute Gasteiger partial charge is 0.446 e. The first-order chi connectivity index (χ1) is 7.76. The zero-order chi connectivity index (χ0) is 11.8. The van der Waals surface area contributed by atoms with Crippen LogP contribution in [-0.4, -0.2) is 19.2 Å². The number of amides is 1. The van der Waals surface area contributed by atoms with Gasteiger partial charge < -0.3 is 10.1 Å². The molecule has 0 saturated heterocycles. The van der Waals surface area contributed by atoms with Crippen LogP contribution < -0.4 is 5.32 Å². The van der Waals surface area contributed by atoms with E-state index in [1.165, 1.54) is 38.5 Å². The maximum atomic E-state index is 11.0. The summed E-state index contributed by atoms with van der Waals surface area (Å²) in [6.07, 6.45) is 9.80. The summed E-state index contributed by atoms with van der Waals surface area (Å²) in [7, 11) is 1.61. The molecule has 0 heterocycles. The van der Waals surface area contributed by atoms with E-state index in [-0.39, 0.29) is 12.2 Å². The quantitative estimate of drug-likeness (QED) is 0.730. The molecular formula is C13H25NO2. The second-order valence-electron chi connectivity index (χ2n) is 4.79. The van der Waals surface area contributed by atoms with Crippen molar-refractivity contribution in [2.45, 2.75) is 64.4 Å². The number of carbonyl (C=O) groups is 1. The molecule has 1 aliphatic rings. The van der Waals surface area contributed by atoms with Crippen LogP contribution in [0.3, 0.4) is 0 Å². The van der Waals surface area contributed by atoms with Crippen LogP contribution in [0.25, 0.3) is 0 Å². The van der Waals surface area contributed by atoms with Crippen molar-refractivity contribution >= 4 is 6.09 Å². The number of hydrogen-bond acceptors (Lipinski definition) is 2. The highest BCUT2D eigenvalue weighted by atomic mass is 16.6. The number of carbonyl (C=O) groups excluding carboxylic acids is 1. The van der Waals surface area contributed by atoms with Crippen LogP contribution in [0.4, 0.5) is 4.79 Å². The van der Waals surface area contributed by atoms with Gasteiger partial charge in [-0.3, -0.25) is 0 Å². The number of unbranched alkanes of at least 4 members (excludes halogenated alkanes) is 2. The Bertz CT molecular complexity index is 198. The minimum Gasteiger partial charge on any atom is -0.446 e. The van der Waals surface area contributed by atoms with Gasteiger partial charge in [0.25, 0.3) is 0 Å². The molecule has 3 heteroatoms. The number of hydrogen-bond donors (Lipinski definition) is 1. The molecule has 1 fully saturated rings. The molecule has 0 aromatic rings. The van der Waals surface area contributed by atoms with Gasteiger partial charge in [-0.1, -0.05) is 32.6 Å². The Morgan fingerprint density at radius 1 is 1.25 bits per heavy atom. The summed E-state index contributed by atoms with van der Waals surface area (Å²) in [6.45, 7) is 2.24. The van der Waals surface area contributed by atoms with Gasteiger partial charge in [-0.25, -0.2) is 4.79 Å². The Morgan fingerprint density at radius 3 is 2.50 bits per heavy atom. The standard InChI is InChI=1S/C13H25NO2/c1-3-4-5-6-11-7-9-12(10-8-11)16-13(15)14-2/h11-12H,3-10H2,1-2H3,(H,14,15). The molecule has 0 spiro atoms. The Morgan fingerprint density at radius 2 is 1.94 bits per heavy atom. The fourth-order valence-corrected chi connectivity index (χ4v) is 2.43. The molecule has 1 saturated carbocycles. The highest BCUT2D eigenvalue weighted by Crippen LogP contribution is 2.29. The van der Waals surface area contributed by atoms with Crippen LogP contribution in [0.5, 0.6) is 0 Å². The van der Waals surface area contributed by atoms with Crippen molar-refractivity contribution in [3.8, 4) is 0 Å². The highest BCUT2D eigenvalue weighted by molar-refractivity contribution is 5.66. The van der Waals surface area contributed by atoms with Gasteiger partial charge in [0.05, 0.1) is 0 Å². The number of alkyl carbamates (subject to hydrolysis) is 1. The molecular weight excluding hydrogens is 202 g/mol. The summed E-state index contributed by atoms with van der Waals surface area (Å²) in [5.74, 6) is 0.871. The van der Waals surface area contributed by atoms with Crippen LogP contribution in [0, 0.1) is 5.92 Å². The predicted molar refractivity (Wildman–Crippen MR) is 65.4 cm³/mol. The molecule has 3 nitrogen and oxygen atoms in total. The van der Waals surface area contributed by atoms with E-state index in [0.717, 1.165) is 18.8 Å². The molecule has 0 aliphatic heterocycles. The zero-order valence-corrected chi connectivity index (χ0v) is 10.6. The van der Waals surface area contributed by atoms with Gasteiger partial charge >= 0.3 is 6.09 Å². The van der Waals surface area contributed by atoms with Gasteiger partial charge in [0.15, 0.2) is 0 Å². The van der Waals surface area contributed by atoms with E-state index < -0.39 is 0 Å². The Balaban J connectivity index is 2.11. The first-order valence-corrected chi connectivity index (χ1v) is 6.64. The third-order valence-corrected chi connectivity index (χ3v) is 3.49. The third-order valence-electron chi connectivity index (χ3n) is 3.49. The van der Waals surface area contributed by atoms with Crippen LogP contribution in [0.1, 0.15) is 58.3 Å². The van der Waals surface area contributed by atoms with Gasteiger partial charge in [-0.2, -0.15) is 0 Å². The lowest BCUT2D eigenvalue weighted by Crippen LogP contribution is -2.29. The van der Waals surface area contributed by atoms with Gasteiger partial charge in [-0.05, 0) is 31.6 Å². The van der Waals surface area contributed by atoms with Gasteiger partial charge in [0.2, 0.25) is 0 Å². The molecule has 16 heavy (non-hydrogen) atoms. The lowest BCUT2D eigenvalue weighted by atomic mass is 9.84. The summed E-state index contributed by atoms with van der Waals surface area (Å²) in [5, 5.41) is 2.50. The first kappa shape index (κ1) is 13.3. The molecule has 0 aromatic heterocycles. The minimum absolute atomic E-state index is 0.155. The van der Waals surface area contributed by atoms with Crippen molar-refractivity contribution in [2.24, 2.45) is 5.92 Å². The molecule has 1 amide bonds. The summed E-state index contributed by atoms with van der Waals surface area (Å²) >= 11 is 0. The monoisotopic (exact) mass is 227 g/mol. The summed E-state index contributed by atoms with van der Waals surface area (Å²) in [4.78, 5) is 11.0. The van der Waals surface area contributed by atoms with Crippen molar-refractivity contribution < 1.29 is 9.53 Å². The van der Waals surface area contributed by atoms with Crippen LogP contribution in [0.2, 0.25) is 0 Å². The Kier molecular flexibility index (Phi) is 6.27. The fourth-order valence-electron chi connectivity index (χ4n) is 2.43. The molecule has 0 radical (unpaired) electrons. The lowest BCUT2D eigenvalue weighted by Gasteiger charge is -2.28. The van der Waals surface area contributed by atoms with Crippen LogP contribution in [0.15, 0.2) is 0 Å². The van der Waals surface area contributed by atoms with Gasteiger partial charge in [-0.15, -0.1) is 0 Å². The molecule has 1 aliphatic carbocycles. The number of nitrogens with one attached hydrogen (secondary N) is 1. The molecule has 0 bridgehead atoms. The lowest BCUT2D eigenvalue weighted by molar-refractivity contribution is 0.0643. The number of ether oxygens (including phenoxy) is 1. The average molecular weight is 227 g/mol. The Hall–Kier alpha value is -0.730. The predicted octanol–water partition coefficient (Wildman–Crippen LogP) is 3.48. The maximum absolute atomic E-state index is 11.0. The van der Waals surface area contributed by atoms with E-state index in [1.807, 2.05) is 0 Å². The van der Waals surface area contributed by atoms with Crippen LogP contribution in [-0.2, 0) is 4.74 Å². The van der Waals surface area contributed by atoms with Crippen molar-refractivity contribution in [1.29, 1.82) is 0 Å². The van der Waals surface area contributed by atoms with Gasteiger partial charge in [0.1, 0.15) is 6.10 Å². The van der Waals surface area contributed by atoms with E-state index in [2.05, 4.69) is 12.2 Å². The topological polar surface area (TPSA) is 38.3 Å². The highest BCUT2D eigenvalue weighted by Gasteiger charge is 2.23. The van der Waals surface area contributed by atoms with E-state index in [1.54, 1.807) is 7.05 Å². The van der Waals surface area contributed by atoms with Crippen molar-refractivity contribution in [3.63, 3.8) is 0 Å². The van der Waals surface area contributed by atoms with E-state index in [0.29, 0.717) is 0 Å². The summed E-state index contributed by atoms with van der Waals surface area (Å²) < 4.78 is 5.26. The minimum atomic E-state index is -0.283. The van der Waals surface area contributed by atoms with E-state index in [9.17, 15) is 4.79 Å². The normalized spacial score (nSPS) is 25.1. The molecule has 0 aromatic carbocycles. The Labute approximate surface area is 98.9 Å². The summed E-state index contributed by atoms with van der Waals surface area (Å²) in [5.41, 5.74) is 0. The average Bonchev–Trinajstić information content (AvgIpc) is 2.31. The van der Waals surface area contributed by atoms with Crippen LogP contribution >= 0.6 is 0 Å². The van der Waals surface area contributed by atoms with Crippen molar-refractivity contribution in [3.05, 3.63) is 0 Å². The van der Waals surface area contributed by atoms with E-state index >= 15 is 0 Å². The second kappa shape index (κ2) is 7.53. The first-order valence-electron chi connectivity index (χ1n) is 6.64. The van der Waals surface area contributed by atoms with Crippen molar-refractivity contribution in [1.82, 2.24) is 5.32 Å². The molecule has 0 atom stereocenters. The molecule has 0 unspecified atom stereocenters. The molecule has 94 valence electrons. The zero-order valence-electron chi connectivity index (χ0n) is 10.6. The van der Waals surface area contributed by atoms with Gasteiger partial charge in [0, 0.05) is 7.05 Å². The second-order valence-corrected chi connectivity index (χ2v) is 4.79. The number of rotatable bonds is 5. The summed E-state index contributed by atoms with van der Waals surface area (Å²) in [6, 6.07) is 0. The maximum Gasteiger partial charge on any atom is 0.407 e. The molecule has 1 N–H and O–H groups in total. The fraction of sp³-hybridized carbons (Fsp3) is 0.923.